The van der Waals surface area contributed by atoms with Crippen LogP contribution in [0.25, 0.3) is 0 Å². The first-order chi connectivity index (χ1) is 7.74. The number of nitrogens with one attached hydrogen (secondary N) is 1. The third kappa shape index (κ3) is 4.29. The Labute approximate surface area is 95.3 Å². The zero-order valence-electron chi connectivity index (χ0n) is 9.61. The highest BCUT2D eigenvalue weighted by Gasteiger charge is 2.02. The van der Waals surface area contributed by atoms with Gasteiger partial charge in [-0.25, -0.2) is 0 Å². The summed E-state index contributed by atoms with van der Waals surface area (Å²) >= 11 is 0. The van der Waals surface area contributed by atoms with Crippen LogP contribution >= 0.6 is 0 Å². The van der Waals surface area contributed by atoms with Gasteiger partial charge in [-0.1, -0.05) is 25.8 Å². The number of unbranched alkanes of at least 4 members (excludes halogenated alkanes) is 2. The molecular weight excluding hydrogens is 204 g/mol. The number of carbonyl (C=O) groups is 1. The van der Waals surface area contributed by atoms with Crippen LogP contribution in [-0.4, -0.2) is 17.0 Å². The number of carbonyl (C=O) groups excluding carboxylic acids is 1. The van der Waals surface area contributed by atoms with E-state index in [1.807, 2.05) is 0 Å². The molecule has 4 heteroatoms. The van der Waals surface area contributed by atoms with Crippen LogP contribution in [0.2, 0.25) is 0 Å². The van der Waals surface area contributed by atoms with Crippen LogP contribution in [0.5, 0.6) is 0 Å². The molecule has 0 aliphatic rings. The molecule has 0 fully saturated rings. The van der Waals surface area contributed by atoms with E-state index < -0.39 is 0 Å². The Morgan fingerprint density at radius 2 is 2.19 bits per heavy atom. The molecule has 0 aliphatic carbocycles. The van der Waals surface area contributed by atoms with Crippen LogP contribution in [0.4, 0.5) is 0 Å². The van der Waals surface area contributed by atoms with Gasteiger partial charge in [-0.05, 0) is 12.5 Å². The highest BCUT2D eigenvalue weighted by Crippen LogP contribution is 1.91. The molecule has 1 aromatic heterocycles. The fraction of sp³-hybridized carbons (Fsp3) is 0.500. The average molecular weight is 222 g/mol. The maximum atomic E-state index is 11.5. The Balaban J connectivity index is 2.35. The number of aromatic nitrogens is 1. The third-order valence-corrected chi connectivity index (χ3v) is 2.32. The largest absolute Gasteiger partial charge is 0.355 e. The molecule has 16 heavy (non-hydrogen) atoms. The average Bonchev–Trinajstić information content (AvgIpc) is 2.28. The minimum Gasteiger partial charge on any atom is -0.355 e. The lowest BCUT2D eigenvalue weighted by molar-refractivity contribution is -0.121. The summed E-state index contributed by atoms with van der Waals surface area (Å²) in [5.74, 6) is -0.107. The Bertz CT molecular complexity index is 385. The van der Waals surface area contributed by atoms with Crippen LogP contribution in [0.1, 0.15) is 26.2 Å². The maximum Gasteiger partial charge on any atom is 0.250 e. The zero-order chi connectivity index (χ0) is 11.8. The van der Waals surface area contributed by atoms with E-state index in [0.29, 0.717) is 6.54 Å². The van der Waals surface area contributed by atoms with Gasteiger partial charge in [-0.15, -0.1) is 0 Å². The molecule has 1 heterocycles. The van der Waals surface area contributed by atoms with Crippen molar-refractivity contribution in [2.45, 2.75) is 32.7 Å². The second-order valence-electron chi connectivity index (χ2n) is 3.72. The molecule has 0 aliphatic heterocycles. The molecule has 1 aromatic rings. The maximum absolute atomic E-state index is 11.5. The molecule has 0 saturated heterocycles. The predicted molar refractivity (Wildman–Crippen MR) is 63.2 cm³/mol. The quantitative estimate of drug-likeness (QED) is 0.734. The van der Waals surface area contributed by atoms with Gasteiger partial charge >= 0.3 is 0 Å². The van der Waals surface area contributed by atoms with Gasteiger partial charge in [0, 0.05) is 18.8 Å². The molecule has 0 bridgehead atoms. The number of rotatable bonds is 6. The molecule has 0 unspecified atom stereocenters. The van der Waals surface area contributed by atoms with Crippen molar-refractivity contribution in [1.82, 2.24) is 9.88 Å². The fourth-order valence-electron chi connectivity index (χ4n) is 1.40. The van der Waals surface area contributed by atoms with E-state index in [2.05, 4.69) is 12.2 Å². The van der Waals surface area contributed by atoms with Gasteiger partial charge in [0.25, 0.3) is 5.56 Å². The third-order valence-electron chi connectivity index (χ3n) is 2.32. The van der Waals surface area contributed by atoms with E-state index in [1.165, 1.54) is 10.6 Å². The summed E-state index contributed by atoms with van der Waals surface area (Å²) in [5.41, 5.74) is -0.147. The first-order valence-electron chi connectivity index (χ1n) is 5.66. The van der Waals surface area contributed by atoms with Crippen molar-refractivity contribution in [1.29, 1.82) is 0 Å². The van der Waals surface area contributed by atoms with Crippen LogP contribution in [0, 0.1) is 0 Å². The second-order valence-corrected chi connectivity index (χ2v) is 3.72. The molecule has 0 aromatic carbocycles. The normalized spacial score (nSPS) is 10.1. The molecular formula is C12H18N2O2. The molecule has 1 N–H and O–H groups in total. The summed E-state index contributed by atoms with van der Waals surface area (Å²) in [4.78, 5) is 22.8. The minimum atomic E-state index is -0.147. The molecule has 0 radical (unpaired) electrons. The topological polar surface area (TPSA) is 51.1 Å². The van der Waals surface area contributed by atoms with E-state index in [0.717, 1.165) is 19.3 Å². The van der Waals surface area contributed by atoms with Gasteiger partial charge in [-0.3, -0.25) is 9.59 Å². The summed E-state index contributed by atoms with van der Waals surface area (Å²) < 4.78 is 1.40. The SMILES string of the molecule is CCCCCNC(=O)Cn1ccccc1=O. The van der Waals surface area contributed by atoms with E-state index in [9.17, 15) is 9.59 Å². The molecule has 0 saturated carbocycles. The molecule has 88 valence electrons. The van der Waals surface area contributed by atoms with Crippen molar-refractivity contribution < 1.29 is 4.79 Å². The summed E-state index contributed by atoms with van der Waals surface area (Å²) in [5, 5.41) is 2.79. The minimum absolute atomic E-state index is 0.103. The van der Waals surface area contributed by atoms with E-state index in [4.69, 9.17) is 0 Å². The van der Waals surface area contributed by atoms with Gasteiger partial charge in [-0.2, -0.15) is 0 Å². The molecule has 1 rings (SSSR count). The van der Waals surface area contributed by atoms with E-state index >= 15 is 0 Å². The summed E-state index contributed by atoms with van der Waals surface area (Å²) in [6.45, 7) is 2.91. The number of hydrogen-bond donors (Lipinski definition) is 1. The van der Waals surface area contributed by atoms with Crippen molar-refractivity contribution in [2.24, 2.45) is 0 Å². The van der Waals surface area contributed by atoms with Crippen molar-refractivity contribution in [3.05, 3.63) is 34.7 Å². The second kappa shape index (κ2) is 6.82. The highest BCUT2D eigenvalue weighted by atomic mass is 16.2. The standard InChI is InChI=1S/C12H18N2O2/c1-2-3-5-8-13-11(15)10-14-9-6-4-7-12(14)16/h4,6-7,9H,2-3,5,8,10H2,1H3,(H,13,15). The summed E-state index contributed by atoms with van der Waals surface area (Å²) in [6, 6.07) is 4.86. The van der Waals surface area contributed by atoms with Gasteiger partial charge in [0.2, 0.25) is 5.91 Å². The van der Waals surface area contributed by atoms with E-state index in [-0.39, 0.29) is 18.0 Å². The lowest BCUT2D eigenvalue weighted by Gasteiger charge is -2.06. The van der Waals surface area contributed by atoms with Crippen molar-refractivity contribution >= 4 is 5.91 Å². The lowest BCUT2D eigenvalue weighted by atomic mass is 10.2. The van der Waals surface area contributed by atoms with Gasteiger partial charge in [0.1, 0.15) is 6.54 Å². The smallest absolute Gasteiger partial charge is 0.250 e. The first kappa shape index (κ1) is 12.5. The van der Waals surface area contributed by atoms with Crippen molar-refractivity contribution in [3.63, 3.8) is 0 Å². The fourth-order valence-corrected chi connectivity index (χ4v) is 1.40. The van der Waals surface area contributed by atoms with Crippen LogP contribution < -0.4 is 10.9 Å². The van der Waals surface area contributed by atoms with Gasteiger partial charge in [0.05, 0.1) is 0 Å². The number of pyridine rings is 1. The Morgan fingerprint density at radius 3 is 2.88 bits per heavy atom. The molecule has 4 nitrogen and oxygen atoms in total. The lowest BCUT2D eigenvalue weighted by Crippen LogP contribution is -2.32. The van der Waals surface area contributed by atoms with E-state index in [1.54, 1.807) is 18.3 Å². The Hall–Kier alpha value is -1.58. The van der Waals surface area contributed by atoms with Gasteiger partial charge in [0.15, 0.2) is 0 Å². The Kier molecular flexibility index (Phi) is 5.32. The van der Waals surface area contributed by atoms with Crippen molar-refractivity contribution in [2.75, 3.05) is 6.54 Å². The predicted octanol–water partition coefficient (Wildman–Crippen LogP) is 1.15. The molecule has 1 amide bonds. The summed E-state index contributed by atoms with van der Waals surface area (Å²) in [7, 11) is 0. The van der Waals surface area contributed by atoms with Gasteiger partial charge < -0.3 is 9.88 Å². The van der Waals surface area contributed by atoms with Crippen molar-refractivity contribution in [3.8, 4) is 0 Å². The highest BCUT2D eigenvalue weighted by molar-refractivity contribution is 5.75. The van der Waals surface area contributed by atoms with Crippen LogP contribution in [0.15, 0.2) is 29.2 Å². The molecule has 0 atom stereocenters. The number of amides is 1. The number of hydrogen-bond acceptors (Lipinski definition) is 2. The number of nitrogens with zero attached hydrogens (tertiary/aromatic N) is 1. The first-order valence-corrected chi connectivity index (χ1v) is 5.66. The van der Waals surface area contributed by atoms with Crippen LogP contribution in [0.3, 0.4) is 0 Å². The summed E-state index contributed by atoms with van der Waals surface area (Å²) in [6.07, 6.45) is 4.86. The zero-order valence-corrected chi connectivity index (χ0v) is 9.61. The Morgan fingerprint density at radius 1 is 1.38 bits per heavy atom. The molecule has 0 spiro atoms. The van der Waals surface area contributed by atoms with Crippen LogP contribution in [-0.2, 0) is 11.3 Å². The monoisotopic (exact) mass is 222 g/mol.